The summed E-state index contributed by atoms with van der Waals surface area (Å²) in [4.78, 5) is 15.2. The van der Waals surface area contributed by atoms with Gasteiger partial charge in [0.1, 0.15) is 18.1 Å². The fraction of sp³-hybridized carbons (Fsp3) is 0.581. The zero-order chi connectivity index (χ0) is 26.3. The van der Waals surface area contributed by atoms with Crippen molar-refractivity contribution in [2.45, 2.75) is 72.8 Å². The van der Waals surface area contributed by atoms with Crippen LogP contribution in [0.25, 0.3) is 0 Å². The second-order valence-electron chi connectivity index (χ2n) is 10.8. The highest BCUT2D eigenvalue weighted by atomic mass is 16.6. The Balaban J connectivity index is 0.00000176. The number of likely N-dealkylation sites (tertiary alicyclic amines) is 1. The topological polar surface area (TPSA) is 48.0 Å². The molecule has 1 saturated heterocycles. The van der Waals surface area contributed by atoms with Gasteiger partial charge in [-0.05, 0) is 72.4 Å². The highest BCUT2D eigenvalue weighted by Crippen LogP contribution is 2.44. The molecule has 0 amide bonds. The van der Waals surface area contributed by atoms with E-state index in [2.05, 4.69) is 50.8 Å². The fourth-order valence-corrected chi connectivity index (χ4v) is 4.78. The molecule has 4 rings (SSSR count). The van der Waals surface area contributed by atoms with Crippen LogP contribution in [0, 0.1) is 18.8 Å². The van der Waals surface area contributed by atoms with Crippen molar-refractivity contribution in [2.24, 2.45) is 11.8 Å². The van der Waals surface area contributed by atoms with E-state index in [1.54, 1.807) is 0 Å². The van der Waals surface area contributed by atoms with Crippen LogP contribution in [0.15, 0.2) is 42.5 Å². The number of nitrogens with zero attached hydrogens (tertiary/aromatic N) is 1. The molecular formula is C31H45NO4. The predicted octanol–water partition coefficient (Wildman–Crippen LogP) is 6.20. The molecule has 5 nitrogen and oxygen atoms in total. The minimum Gasteiger partial charge on any atom is -0.492 e. The SMILES string of the molecule is CC.CCOC(=O)[C@H](Cc1ccc(OCCN2CC3CC3C2)c(C)c1)Oc1ccc(C(C)(C)C)cc1. The van der Waals surface area contributed by atoms with Crippen LogP contribution < -0.4 is 9.47 Å². The van der Waals surface area contributed by atoms with Crippen molar-refractivity contribution in [3.63, 3.8) is 0 Å². The quantitative estimate of drug-likeness (QED) is 0.367. The van der Waals surface area contributed by atoms with Gasteiger partial charge in [0.05, 0.1) is 6.61 Å². The van der Waals surface area contributed by atoms with Crippen molar-refractivity contribution in [1.82, 2.24) is 4.90 Å². The van der Waals surface area contributed by atoms with Gasteiger partial charge >= 0.3 is 5.97 Å². The van der Waals surface area contributed by atoms with Gasteiger partial charge in [0.25, 0.3) is 0 Å². The van der Waals surface area contributed by atoms with Crippen LogP contribution in [-0.2, 0) is 21.4 Å². The van der Waals surface area contributed by atoms with Gasteiger partial charge in [-0.15, -0.1) is 0 Å². The number of carbonyl (C=O) groups excluding carboxylic acids is 1. The van der Waals surface area contributed by atoms with E-state index >= 15 is 0 Å². The number of benzene rings is 2. The summed E-state index contributed by atoms with van der Waals surface area (Å²) in [5.41, 5.74) is 3.38. The molecule has 0 spiro atoms. The van der Waals surface area contributed by atoms with Crippen molar-refractivity contribution >= 4 is 5.97 Å². The summed E-state index contributed by atoms with van der Waals surface area (Å²) in [6.07, 6.45) is 1.17. The van der Waals surface area contributed by atoms with Crippen LogP contribution in [0.3, 0.4) is 0 Å². The van der Waals surface area contributed by atoms with E-state index in [4.69, 9.17) is 14.2 Å². The molecule has 2 unspecified atom stereocenters. The first kappa shape index (κ1) is 28.0. The molecule has 0 aromatic heterocycles. The molecule has 0 N–H and O–H groups in total. The summed E-state index contributed by atoms with van der Waals surface area (Å²) in [7, 11) is 0. The number of piperidine rings is 1. The molecule has 1 aliphatic carbocycles. The fourth-order valence-electron chi connectivity index (χ4n) is 4.78. The molecule has 198 valence electrons. The first-order valence-electron chi connectivity index (χ1n) is 13.6. The summed E-state index contributed by atoms with van der Waals surface area (Å²) in [6.45, 7) is 18.9. The highest BCUT2D eigenvalue weighted by Gasteiger charge is 2.44. The van der Waals surface area contributed by atoms with E-state index in [-0.39, 0.29) is 11.4 Å². The van der Waals surface area contributed by atoms with Crippen molar-refractivity contribution in [1.29, 1.82) is 0 Å². The van der Waals surface area contributed by atoms with Gasteiger partial charge in [0, 0.05) is 26.1 Å². The molecule has 2 fully saturated rings. The van der Waals surface area contributed by atoms with E-state index in [0.717, 1.165) is 35.3 Å². The lowest BCUT2D eigenvalue weighted by Crippen LogP contribution is -2.31. The molecule has 0 bridgehead atoms. The first-order valence-corrected chi connectivity index (χ1v) is 13.6. The minimum absolute atomic E-state index is 0.0647. The van der Waals surface area contributed by atoms with Crippen molar-refractivity contribution in [2.75, 3.05) is 32.8 Å². The Morgan fingerprint density at radius 1 is 1.06 bits per heavy atom. The van der Waals surface area contributed by atoms with E-state index in [1.165, 1.54) is 25.1 Å². The third-order valence-corrected chi connectivity index (χ3v) is 6.93. The average Bonchev–Trinajstić information content (AvgIpc) is 3.46. The Kier molecular flexibility index (Phi) is 9.84. The van der Waals surface area contributed by atoms with Crippen LogP contribution in [0.1, 0.15) is 64.7 Å². The van der Waals surface area contributed by atoms with E-state index in [0.29, 0.717) is 25.4 Å². The molecule has 36 heavy (non-hydrogen) atoms. The zero-order valence-electron chi connectivity index (χ0n) is 23.3. The largest absolute Gasteiger partial charge is 0.492 e. The summed E-state index contributed by atoms with van der Waals surface area (Å²) in [5.74, 6) is 3.13. The number of fused-ring (bicyclic) bond motifs is 1. The standard InChI is InChI=1S/C29H39NO4.C2H6/c1-6-32-28(31)27(34-25-10-8-24(9-11-25)29(3,4)5)16-21-7-12-26(20(2)15-21)33-14-13-30-18-22-17-23(22)19-30;1-2/h7-12,15,22-23,27H,6,13-14,16-19H2,1-5H3;1-2H3/t22?,23?,27-;/m0./s1. The summed E-state index contributed by atoms with van der Waals surface area (Å²) < 4.78 is 17.5. The lowest BCUT2D eigenvalue weighted by atomic mass is 9.87. The monoisotopic (exact) mass is 495 g/mol. The molecule has 2 aromatic carbocycles. The van der Waals surface area contributed by atoms with Crippen LogP contribution in [0.2, 0.25) is 0 Å². The number of hydrogen-bond acceptors (Lipinski definition) is 5. The van der Waals surface area contributed by atoms with E-state index in [1.807, 2.05) is 45.0 Å². The maximum absolute atomic E-state index is 12.6. The maximum atomic E-state index is 12.6. The molecule has 0 radical (unpaired) electrons. The van der Waals surface area contributed by atoms with Crippen molar-refractivity contribution in [3.8, 4) is 11.5 Å². The molecule has 1 saturated carbocycles. The lowest BCUT2D eigenvalue weighted by molar-refractivity contribution is -0.151. The second kappa shape index (κ2) is 12.6. The van der Waals surface area contributed by atoms with Gasteiger partial charge in [0.2, 0.25) is 0 Å². The Bertz CT molecular complexity index is 969. The zero-order valence-corrected chi connectivity index (χ0v) is 23.3. The van der Waals surface area contributed by atoms with Gasteiger partial charge in [0.15, 0.2) is 6.10 Å². The van der Waals surface area contributed by atoms with Gasteiger partial charge in [-0.2, -0.15) is 0 Å². The average molecular weight is 496 g/mol. The molecular weight excluding hydrogens is 450 g/mol. The normalized spacial score (nSPS) is 19.5. The number of rotatable bonds is 10. The molecule has 1 aliphatic heterocycles. The first-order chi connectivity index (χ1) is 17.2. The van der Waals surface area contributed by atoms with Crippen molar-refractivity contribution < 1.29 is 19.0 Å². The van der Waals surface area contributed by atoms with Crippen LogP contribution >= 0.6 is 0 Å². The lowest BCUT2D eigenvalue weighted by Gasteiger charge is -2.21. The Labute approximate surface area is 218 Å². The maximum Gasteiger partial charge on any atom is 0.347 e. The number of ether oxygens (including phenoxy) is 3. The third kappa shape index (κ3) is 7.73. The Morgan fingerprint density at radius 2 is 1.72 bits per heavy atom. The number of aryl methyl sites for hydroxylation is 1. The number of esters is 1. The smallest absolute Gasteiger partial charge is 0.347 e. The summed E-state index contributed by atoms with van der Waals surface area (Å²) >= 11 is 0. The second-order valence-corrected chi connectivity index (χ2v) is 10.8. The predicted molar refractivity (Wildman–Crippen MR) is 146 cm³/mol. The molecule has 5 heteroatoms. The van der Waals surface area contributed by atoms with Crippen molar-refractivity contribution in [3.05, 3.63) is 59.2 Å². The molecule has 3 atom stereocenters. The molecule has 1 heterocycles. The van der Waals surface area contributed by atoms with Crippen LogP contribution in [0.4, 0.5) is 0 Å². The van der Waals surface area contributed by atoms with E-state index < -0.39 is 6.10 Å². The summed E-state index contributed by atoms with van der Waals surface area (Å²) in [5, 5.41) is 0. The molecule has 2 aliphatic rings. The van der Waals surface area contributed by atoms with Gasteiger partial charge in [-0.1, -0.05) is 58.9 Å². The molecule has 2 aromatic rings. The highest BCUT2D eigenvalue weighted by molar-refractivity contribution is 5.75. The van der Waals surface area contributed by atoms with Gasteiger partial charge < -0.3 is 14.2 Å². The summed E-state index contributed by atoms with van der Waals surface area (Å²) in [6, 6.07) is 14.1. The van der Waals surface area contributed by atoms with Gasteiger partial charge in [-0.3, -0.25) is 4.90 Å². The number of hydrogen-bond donors (Lipinski definition) is 0. The van der Waals surface area contributed by atoms with Crippen LogP contribution in [-0.4, -0.2) is 49.8 Å². The minimum atomic E-state index is -0.701. The van der Waals surface area contributed by atoms with Gasteiger partial charge in [-0.25, -0.2) is 4.79 Å². The van der Waals surface area contributed by atoms with Crippen LogP contribution in [0.5, 0.6) is 11.5 Å². The Hall–Kier alpha value is -2.53. The Morgan fingerprint density at radius 3 is 2.31 bits per heavy atom. The van der Waals surface area contributed by atoms with E-state index in [9.17, 15) is 4.79 Å². The third-order valence-electron chi connectivity index (χ3n) is 6.93. The number of carbonyl (C=O) groups is 1.